The molecule has 0 unspecified atom stereocenters. The number of fused-ring (bicyclic) bond motifs is 1. The van der Waals surface area contributed by atoms with Crippen molar-refractivity contribution in [3.8, 4) is 0 Å². The van der Waals surface area contributed by atoms with E-state index in [4.69, 9.17) is 14.6 Å². The van der Waals surface area contributed by atoms with Crippen molar-refractivity contribution in [2.75, 3.05) is 13.2 Å². The molecular formula is C11H18O4. The molecule has 2 saturated heterocycles. The lowest BCUT2D eigenvalue weighted by molar-refractivity contribution is -0.245. The highest BCUT2D eigenvalue weighted by Gasteiger charge is 2.46. The number of ether oxygens (including phenoxy) is 2. The Morgan fingerprint density at radius 2 is 2.27 bits per heavy atom. The maximum atomic E-state index is 10.0. The quantitative estimate of drug-likeness (QED) is 0.663. The summed E-state index contributed by atoms with van der Waals surface area (Å²) >= 11 is 0. The summed E-state index contributed by atoms with van der Waals surface area (Å²) in [6.45, 7) is 4.21. The molecule has 2 N–H and O–H groups in total. The second-order valence-electron chi connectivity index (χ2n) is 4.23. The van der Waals surface area contributed by atoms with Crippen LogP contribution in [-0.2, 0) is 9.47 Å². The first-order valence-corrected chi connectivity index (χ1v) is 5.44. The van der Waals surface area contributed by atoms with E-state index in [9.17, 15) is 5.11 Å². The molecule has 15 heavy (non-hydrogen) atoms. The van der Waals surface area contributed by atoms with E-state index in [-0.39, 0.29) is 24.7 Å². The maximum Gasteiger partial charge on any atom is 0.161 e. The van der Waals surface area contributed by atoms with Gasteiger partial charge < -0.3 is 19.7 Å². The van der Waals surface area contributed by atoms with Crippen molar-refractivity contribution in [2.24, 2.45) is 11.8 Å². The van der Waals surface area contributed by atoms with E-state index in [0.717, 1.165) is 12.8 Å². The molecule has 0 saturated carbocycles. The highest BCUT2D eigenvalue weighted by Crippen LogP contribution is 2.39. The fraction of sp³-hybridized carbons (Fsp3) is 0.818. The molecule has 0 aromatic heterocycles. The molecule has 4 nitrogen and oxygen atoms in total. The van der Waals surface area contributed by atoms with Gasteiger partial charge in [-0.25, -0.2) is 0 Å². The van der Waals surface area contributed by atoms with Crippen LogP contribution in [0.1, 0.15) is 12.8 Å². The fourth-order valence-corrected chi connectivity index (χ4v) is 2.58. The van der Waals surface area contributed by atoms with Crippen LogP contribution < -0.4 is 0 Å². The molecule has 2 aliphatic heterocycles. The summed E-state index contributed by atoms with van der Waals surface area (Å²) < 4.78 is 10.9. The zero-order chi connectivity index (χ0) is 10.8. The highest BCUT2D eigenvalue weighted by molar-refractivity contribution is 4.93. The van der Waals surface area contributed by atoms with Crippen LogP contribution in [0.4, 0.5) is 0 Å². The number of hydrogen-bond acceptors (Lipinski definition) is 4. The van der Waals surface area contributed by atoms with Crippen molar-refractivity contribution in [1.82, 2.24) is 0 Å². The van der Waals surface area contributed by atoms with Gasteiger partial charge in [0.05, 0.1) is 19.3 Å². The lowest BCUT2D eigenvalue weighted by Crippen LogP contribution is -2.50. The smallest absolute Gasteiger partial charge is 0.161 e. The highest BCUT2D eigenvalue weighted by atomic mass is 16.7. The number of hydrogen-bond donors (Lipinski definition) is 2. The standard InChI is InChI=1S/C11H18O4/c1-2-3-7-8-4-5-14-11(8)15-9(6-12)10(7)13/h2,7-13H,1,3-6H2/t7-,8-,9-,10+,11+/m1/s1. The summed E-state index contributed by atoms with van der Waals surface area (Å²) in [4.78, 5) is 0. The van der Waals surface area contributed by atoms with Crippen molar-refractivity contribution in [3.05, 3.63) is 12.7 Å². The topological polar surface area (TPSA) is 58.9 Å². The first-order valence-electron chi connectivity index (χ1n) is 5.44. The second-order valence-corrected chi connectivity index (χ2v) is 4.23. The minimum absolute atomic E-state index is 0.0981. The van der Waals surface area contributed by atoms with E-state index in [0.29, 0.717) is 6.61 Å². The molecule has 2 rings (SSSR count). The Balaban J connectivity index is 2.12. The molecule has 0 spiro atoms. The van der Waals surface area contributed by atoms with Gasteiger partial charge in [-0.15, -0.1) is 6.58 Å². The molecule has 0 aromatic carbocycles. The van der Waals surface area contributed by atoms with Gasteiger partial charge in [-0.3, -0.25) is 0 Å². The van der Waals surface area contributed by atoms with Crippen LogP contribution >= 0.6 is 0 Å². The summed E-state index contributed by atoms with van der Waals surface area (Å²) in [5, 5.41) is 19.1. The number of aliphatic hydroxyl groups excluding tert-OH is 2. The zero-order valence-electron chi connectivity index (χ0n) is 8.71. The van der Waals surface area contributed by atoms with Gasteiger partial charge in [0, 0.05) is 5.92 Å². The molecule has 2 aliphatic rings. The van der Waals surface area contributed by atoms with Crippen molar-refractivity contribution in [3.63, 3.8) is 0 Å². The molecule has 5 atom stereocenters. The van der Waals surface area contributed by atoms with E-state index in [1.54, 1.807) is 0 Å². The molecule has 86 valence electrons. The predicted molar refractivity (Wildman–Crippen MR) is 54.1 cm³/mol. The summed E-state index contributed by atoms with van der Waals surface area (Å²) in [6, 6.07) is 0. The van der Waals surface area contributed by atoms with E-state index >= 15 is 0 Å². The fourth-order valence-electron chi connectivity index (χ4n) is 2.58. The van der Waals surface area contributed by atoms with Crippen LogP contribution in [0.3, 0.4) is 0 Å². The van der Waals surface area contributed by atoms with Crippen molar-refractivity contribution in [1.29, 1.82) is 0 Å². The third-order valence-electron chi connectivity index (χ3n) is 3.38. The van der Waals surface area contributed by atoms with Crippen molar-refractivity contribution >= 4 is 0 Å². The monoisotopic (exact) mass is 214 g/mol. The van der Waals surface area contributed by atoms with Crippen LogP contribution in [0, 0.1) is 11.8 Å². The second kappa shape index (κ2) is 4.61. The Hall–Kier alpha value is -0.420. The van der Waals surface area contributed by atoms with Gasteiger partial charge in [0.15, 0.2) is 6.29 Å². The van der Waals surface area contributed by atoms with Gasteiger partial charge in [-0.1, -0.05) is 6.08 Å². The van der Waals surface area contributed by atoms with Gasteiger partial charge in [0.1, 0.15) is 6.10 Å². The molecule has 2 fully saturated rings. The molecular weight excluding hydrogens is 196 g/mol. The lowest BCUT2D eigenvalue weighted by atomic mass is 9.79. The first-order chi connectivity index (χ1) is 7.27. The minimum Gasteiger partial charge on any atom is -0.394 e. The van der Waals surface area contributed by atoms with Crippen molar-refractivity contribution < 1.29 is 19.7 Å². The molecule has 0 aliphatic carbocycles. The largest absolute Gasteiger partial charge is 0.394 e. The zero-order valence-corrected chi connectivity index (χ0v) is 8.71. The van der Waals surface area contributed by atoms with Gasteiger partial charge >= 0.3 is 0 Å². The summed E-state index contributed by atoms with van der Waals surface area (Å²) in [5.41, 5.74) is 0. The van der Waals surface area contributed by atoms with E-state index in [1.165, 1.54) is 0 Å². The maximum absolute atomic E-state index is 10.0. The Labute approximate surface area is 89.5 Å². The summed E-state index contributed by atoms with van der Waals surface area (Å²) in [6.07, 6.45) is 2.08. The number of allylic oxidation sites excluding steroid dienone is 1. The molecule has 0 aromatic rings. The number of rotatable bonds is 3. The Morgan fingerprint density at radius 3 is 2.93 bits per heavy atom. The van der Waals surface area contributed by atoms with Crippen LogP contribution in [-0.4, -0.2) is 41.9 Å². The Kier molecular flexibility index (Phi) is 3.41. The molecule has 0 radical (unpaired) electrons. The summed E-state index contributed by atoms with van der Waals surface area (Å²) in [5.74, 6) is 0.335. The third kappa shape index (κ3) is 1.95. The lowest BCUT2D eigenvalue weighted by Gasteiger charge is -2.40. The van der Waals surface area contributed by atoms with Crippen molar-refractivity contribution in [2.45, 2.75) is 31.3 Å². The van der Waals surface area contributed by atoms with Gasteiger partial charge in [0.2, 0.25) is 0 Å². The third-order valence-corrected chi connectivity index (χ3v) is 3.38. The van der Waals surface area contributed by atoms with Gasteiger partial charge in [-0.2, -0.15) is 0 Å². The number of aliphatic hydroxyl groups is 2. The molecule has 2 heterocycles. The summed E-state index contributed by atoms with van der Waals surface area (Å²) in [7, 11) is 0. The predicted octanol–water partition coefficient (Wildman–Crippen LogP) is 0.293. The Bertz CT molecular complexity index is 231. The van der Waals surface area contributed by atoms with Crippen LogP contribution in [0.2, 0.25) is 0 Å². The van der Waals surface area contributed by atoms with Crippen LogP contribution in [0.25, 0.3) is 0 Å². The van der Waals surface area contributed by atoms with Crippen LogP contribution in [0.5, 0.6) is 0 Å². The van der Waals surface area contributed by atoms with E-state index < -0.39 is 12.2 Å². The normalized spacial score (nSPS) is 45.1. The van der Waals surface area contributed by atoms with Crippen LogP contribution in [0.15, 0.2) is 12.7 Å². The SMILES string of the molecule is C=CC[C@H]1[C@H](O)[C@@H](CO)O[C@@H]2OCC[C@@H]21. The van der Waals surface area contributed by atoms with E-state index in [1.807, 2.05) is 6.08 Å². The van der Waals surface area contributed by atoms with Gasteiger partial charge in [0.25, 0.3) is 0 Å². The van der Waals surface area contributed by atoms with E-state index in [2.05, 4.69) is 6.58 Å². The average Bonchev–Trinajstić information content (AvgIpc) is 2.69. The average molecular weight is 214 g/mol. The minimum atomic E-state index is -0.615. The Morgan fingerprint density at radius 1 is 1.47 bits per heavy atom. The molecule has 4 heteroatoms. The molecule has 0 bridgehead atoms. The first kappa shape index (κ1) is 11.1. The van der Waals surface area contributed by atoms with Gasteiger partial charge in [-0.05, 0) is 18.8 Å². The molecule has 0 amide bonds.